The molecule has 0 saturated heterocycles. The van der Waals surface area contributed by atoms with Gasteiger partial charge in [-0.15, -0.1) is 0 Å². The zero-order chi connectivity index (χ0) is 8.97. The van der Waals surface area contributed by atoms with Gasteiger partial charge in [0.25, 0.3) is 0 Å². The van der Waals surface area contributed by atoms with E-state index in [1.165, 1.54) is 0 Å². The van der Waals surface area contributed by atoms with Crippen LogP contribution in [0.5, 0.6) is 0 Å². The van der Waals surface area contributed by atoms with Crippen molar-refractivity contribution in [3.8, 4) is 0 Å². The average Bonchev–Trinajstić information content (AvgIpc) is 1.96. The van der Waals surface area contributed by atoms with E-state index in [4.69, 9.17) is 5.73 Å². The van der Waals surface area contributed by atoms with E-state index in [9.17, 15) is 9.59 Å². The predicted octanol–water partition coefficient (Wildman–Crippen LogP) is 1.01. The van der Waals surface area contributed by atoms with E-state index in [2.05, 4.69) is 0 Å². The molecule has 0 aromatic heterocycles. The summed E-state index contributed by atoms with van der Waals surface area (Å²) in [5.74, 6) is -0.894. The fourth-order valence-electron chi connectivity index (χ4n) is 1.64. The number of primary amides is 1. The average molecular weight is 169 g/mol. The van der Waals surface area contributed by atoms with Gasteiger partial charge in [-0.3, -0.25) is 9.59 Å². The summed E-state index contributed by atoms with van der Waals surface area (Å²) in [4.78, 5) is 22.1. The van der Waals surface area contributed by atoms with Crippen molar-refractivity contribution in [3.05, 3.63) is 0 Å². The standard InChI is InChI=1S/C9H15NO2/c10-9(12)7-5-3-1-2-4-6-8(7)11/h7H,1-6H2,(H2,10,12). The zero-order valence-electron chi connectivity index (χ0n) is 7.21. The number of carbonyl (C=O) groups is 2. The first-order valence-corrected chi connectivity index (χ1v) is 4.54. The van der Waals surface area contributed by atoms with Crippen LogP contribution >= 0.6 is 0 Å². The van der Waals surface area contributed by atoms with Gasteiger partial charge < -0.3 is 5.73 Å². The van der Waals surface area contributed by atoms with Gasteiger partial charge in [0.05, 0.1) is 5.92 Å². The number of carbonyl (C=O) groups excluding carboxylic acids is 2. The second-order valence-electron chi connectivity index (χ2n) is 3.37. The molecule has 1 amide bonds. The van der Waals surface area contributed by atoms with Crippen molar-refractivity contribution in [2.45, 2.75) is 38.5 Å². The highest BCUT2D eigenvalue weighted by atomic mass is 16.2. The summed E-state index contributed by atoms with van der Waals surface area (Å²) in [6.45, 7) is 0. The fraction of sp³-hybridized carbons (Fsp3) is 0.778. The summed E-state index contributed by atoms with van der Waals surface area (Å²) in [5, 5.41) is 0. The molecule has 3 heteroatoms. The summed E-state index contributed by atoms with van der Waals surface area (Å²) >= 11 is 0. The minimum absolute atomic E-state index is 0.0437. The van der Waals surface area contributed by atoms with Crippen molar-refractivity contribution < 1.29 is 9.59 Å². The summed E-state index contributed by atoms with van der Waals surface area (Å²) in [5.41, 5.74) is 5.12. The van der Waals surface area contributed by atoms with Crippen molar-refractivity contribution in [2.75, 3.05) is 0 Å². The van der Waals surface area contributed by atoms with Gasteiger partial charge >= 0.3 is 0 Å². The molecule has 0 heterocycles. The number of amides is 1. The maximum Gasteiger partial charge on any atom is 0.227 e. The highest BCUT2D eigenvalue weighted by molar-refractivity contribution is 6.00. The molecular formula is C9H15NO2. The predicted molar refractivity (Wildman–Crippen MR) is 45.4 cm³/mol. The number of rotatable bonds is 1. The van der Waals surface area contributed by atoms with Gasteiger partial charge in [0.2, 0.25) is 5.91 Å². The van der Waals surface area contributed by atoms with Gasteiger partial charge in [0.15, 0.2) is 0 Å². The SMILES string of the molecule is NC(=O)C1CCCCCCC1=O. The van der Waals surface area contributed by atoms with Gasteiger partial charge in [-0.25, -0.2) is 0 Å². The van der Waals surface area contributed by atoms with Gasteiger partial charge in [0.1, 0.15) is 5.78 Å². The van der Waals surface area contributed by atoms with Crippen molar-refractivity contribution >= 4 is 11.7 Å². The van der Waals surface area contributed by atoms with Crippen LogP contribution in [0.25, 0.3) is 0 Å². The molecule has 1 saturated carbocycles. The zero-order valence-corrected chi connectivity index (χ0v) is 7.21. The topological polar surface area (TPSA) is 60.2 Å². The minimum atomic E-state index is -0.495. The van der Waals surface area contributed by atoms with E-state index < -0.39 is 11.8 Å². The molecule has 1 aliphatic rings. The Bertz CT molecular complexity index is 189. The smallest absolute Gasteiger partial charge is 0.227 e. The quantitative estimate of drug-likeness (QED) is 0.595. The molecule has 12 heavy (non-hydrogen) atoms. The monoisotopic (exact) mass is 169 g/mol. The number of Topliss-reactive ketones (excluding diaryl/α,β-unsaturated/α-hetero) is 1. The Hall–Kier alpha value is -0.860. The van der Waals surface area contributed by atoms with Gasteiger partial charge in [-0.2, -0.15) is 0 Å². The van der Waals surface area contributed by atoms with E-state index in [0.717, 1.165) is 25.7 Å². The molecule has 0 aromatic carbocycles. The maximum absolute atomic E-state index is 11.3. The lowest BCUT2D eigenvalue weighted by Gasteiger charge is -2.14. The molecule has 1 aliphatic carbocycles. The van der Waals surface area contributed by atoms with Crippen molar-refractivity contribution in [3.63, 3.8) is 0 Å². The molecule has 0 radical (unpaired) electrons. The van der Waals surface area contributed by atoms with E-state index in [1.54, 1.807) is 0 Å². The van der Waals surface area contributed by atoms with Crippen LogP contribution in [-0.4, -0.2) is 11.7 Å². The lowest BCUT2D eigenvalue weighted by atomic mass is 9.90. The molecular weight excluding hydrogens is 154 g/mol. The number of hydrogen-bond donors (Lipinski definition) is 1. The van der Waals surface area contributed by atoms with Gasteiger partial charge in [-0.05, 0) is 12.8 Å². The largest absolute Gasteiger partial charge is 0.369 e. The minimum Gasteiger partial charge on any atom is -0.369 e. The van der Waals surface area contributed by atoms with Gasteiger partial charge in [0, 0.05) is 6.42 Å². The number of nitrogens with two attached hydrogens (primary N) is 1. The van der Waals surface area contributed by atoms with Crippen LogP contribution in [0, 0.1) is 5.92 Å². The van der Waals surface area contributed by atoms with Crippen LogP contribution in [0.3, 0.4) is 0 Å². The third-order valence-electron chi connectivity index (χ3n) is 2.40. The Morgan fingerprint density at radius 1 is 1.25 bits per heavy atom. The second kappa shape index (κ2) is 4.24. The van der Waals surface area contributed by atoms with E-state index in [0.29, 0.717) is 12.8 Å². The molecule has 3 nitrogen and oxygen atoms in total. The lowest BCUT2D eigenvalue weighted by Crippen LogP contribution is -2.30. The summed E-state index contributed by atoms with van der Waals surface area (Å²) in [7, 11) is 0. The Kier molecular flexibility index (Phi) is 3.26. The summed E-state index contributed by atoms with van der Waals surface area (Å²) in [6, 6.07) is 0. The molecule has 0 bridgehead atoms. The first kappa shape index (κ1) is 9.23. The summed E-state index contributed by atoms with van der Waals surface area (Å²) < 4.78 is 0. The Morgan fingerprint density at radius 3 is 2.58 bits per heavy atom. The van der Waals surface area contributed by atoms with E-state index in [1.807, 2.05) is 0 Å². The Morgan fingerprint density at radius 2 is 1.92 bits per heavy atom. The van der Waals surface area contributed by atoms with Crippen molar-refractivity contribution in [1.29, 1.82) is 0 Å². The van der Waals surface area contributed by atoms with Crippen LogP contribution in [0.1, 0.15) is 38.5 Å². The van der Waals surface area contributed by atoms with Crippen LogP contribution in [0.2, 0.25) is 0 Å². The molecule has 0 aromatic rings. The second-order valence-corrected chi connectivity index (χ2v) is 3.37. The first-order chi connectivity index (χ1) is 5.72. The fourth-order valence-corrected chi connectivity index (χ4v) is 1.64. The molecule has 1 rings (SSSR count). The molecule has 1 fully saturated rings. The highest BCUT2D eigenvalue weighted by Crippen LogP contribution is 2.18. The molecule has 2 N–H and O–H groups in total. The number of ketones is 1. The molecule has 0 spiro atoms. The normalized spacial score (nSPS) is 26.0. The Balaban J connectivity index is 2.55. The Labute approximate surface area is 72.3 Å². The lowest BCUT2D eigenvalue weighted by molar-refractivity contribution is -0.132. The molecule has 1 unspecified atom stereocenters. The van der Waals surface area contributed by atoms with Crippen LogP contribution in [0.4, 0.5) is 0 Å². The van der Waals surface area contributed by atoms with E-state index in [-0.39, 0.29) is 5.78 Å². The van der Waals surface area contributed by atoms with Crippen LogP contribution in [-0.2, 0) is 9.59 Å². The molecule has 68 valence electrons. The third-order valence-corrected chi connectivity index (χ3v) is 2.40. The third kappa shape index (κ3) is 2.32. The van der Waals surface area contributed by atoms with Gasteiger partial charge in [-0.1, -0.05) is 19.3 Å². The van der Waals surface area contributed by atoms with E-state index >= 15 is 0 Å². The first-order valence-electron chi connectivity index (χ1n) is 4.54. The molecule has 1 atom stereocenters. The van der Waals surface area contributed by atoms with Crippen molar-refractivity contribution in [2.24, 2.45) is 11.7 Å². The highest BCUT2D eigenvalue weighted by Gasteiger charge is 2.24. The number of hydrogen-bond acceptors (Lipinski definition) is 2. The van der Waals surface area contributed by atoms with Crippen molar-refractivity contribution in [1.82, 2.24) is 0 Å². The molecule has 0 aliphatic heterocycles. The van der Waals surface area contributed by atoms with Crippen LogP contribution < -0.4 is 5.73 Å². The maximum atomic E-state index is 11.3. The van der Waals surface area contributed by atoms with Crippen LogP contribution in [0.15, 0.2) is 0 Å². The summed E-state index contributed by atoms with van der Waals surface area (Å²) in [6.07, 6.45) is 5.30.